The lowest BCUT2D eigenvalue weighted by atomic mass is 9.98. The van der Waals surface area contributed by atoms with E-state index in [0.29, 0.717) is 18.0 Å². The molecule has 0 spiro atoms. The van der Waals surface area contributed by atoms with Gasteiger partial charge in [0.1, 0.15) is 5.84 Å². The van der Waals surface area contributed by atoms with Crippen molar-refractivity contribution in [3.8, 4) is 0 Å². The fraction of sp³-hybridized carbons (Fsp3) is 0.500. The second-order valence-corrected chi connectivity index (χ2v) is 5.64. The van der Waals surface area contributed by atoms with Crippen molar-refractivity contribution in [3.63, 3.8) is 0 Å². The highest BCUT2D eigenvalue weighted by Crippen LogP contribution is 2.44. The Labute approximate surface area is 108 Å². The first-order valence-electron chi connectivity index (χ1n) is 6.30. The van der Waals surface area contributed by atoms with Crippen LogP contribution in [0.25, 0.3) is 0 Å². The standard InChI is InChI=1S/C14H21N3O/c1-14(2)8-12(14)16-9-11(13(15)17-18)10-6-4-3-5-7-10/h3-7,11-12,16,18H,8-9H2,1-2H3,(H2,15,17). The molecular formula is C14H21N3O. The first-order chi connectivity index (χ1) is 8.54. The van der Waals surface area contributed by atoms with Gasteiger partial charge in [-0.05, 0) is 17.4 Å². The van der Waals surface area contributed by atoms with Crippen molar-refractivity contribution < 1.29 is 5.21 Å². The van der Waals surface area contributed by atoms with Crippen molar-refractivity contribution in [2.45, 2.75) is 32.2 Å². The summed E-state index contributed by atoms with van der Waals surface area (Å²) in [5, 5.41) is 15.5. The molecule has 1 fully saturated rings. The molecule has 18 heavy (non-hydrogen) atoms. The van der Waals surface area contributed by atoms with Gasteiger partial charge in [0.15, 0.2) is 0 Å². The summed E-state index contributed by atoms with van der Waals surface area (Å²) in [6.45, 7) is 5.19. The average molecular weight is 247 g/mol. The van der Waals surface area contributed by atoms with Crippen LogP contribution >= 0.6 is 0 Å². The Morgan fingerprint density at radius 3 is 2.61 bits per heavy atom. The van der Waals surface area contributed by atoms with E-state index in [9.17, 15) is 0 Å². The molecule has 0 saturated heterocycles. The Kier molecular flexibility index (Phi) is 3.57. The minimum Gasteiger partial charge on any atom is -0.409 e. The van der Waals surface area contributed by atoms with Crippen LogP contribution < -0.4 is 11.1 Å². The van der Waals surface area contributed by atoms with Gasteiger partial charge in [-0.2, -0.15) is 0 Å². The number of hydrogen-bond donors (Lipinski definition) is 3. The number of amidine groups is 1. The zero-order chi connectivity index (χ0) is 13.2. The topological polar surface area (TPSA) is 70.6 Å². The monoisotopic (exact) mass is 247 g/mol. The molecule has 1 saturated carbocycles. The molecule has 4 N–H and O–H groups in total. The lowest BCUT2D eigenvalue weighted by Crippen LogP contribution is -2.33. The number of nitrogens with two attached hydrogens (primary N) is 1. The number of nitrogens with one attached hydrogen (secondary N) is 1. The Bertz CT molecular complexity index is 428. The van der Waals surface area contributed by atoms with Gasteiger partial charge in [-0.25, -0.2) is 0 Å². The van der Waals surface area contributed by atoms with Crippen molar-refractivity contribution in [1.29, 1.82) is 0 Å². The van der Waals surface area contributed by atoms with Gasteiger partial charge in [-0.15, -0.1) is 0 Å². The van der Waals surface area contributed by atoms with E-state index in [-0.39, 0.29) is 11.8 Å². The molecule has 2 atom stereocenters. The molecule has 0 amide bonds. The van der Waals surface area contributed by atoms with E-state index in [1.54, 1.807) is 0 Å². The minimum atomic E-state index is -0.0763. The van der Waals surface area contributed by atoms with E-state index in [1.807, 2.05) is 30.3 Å². The quantitative estimate of drug-likeness (QED) is 0.322. The normalized spacial score (nSPS) is 23.7. The summed E-state index contributed by atoms with van der Waals surface area (Å²) in [7, 11) is 0. The Hall–Kier alpha value is -1.55. The first-order valence-corrected chi connectivity index (χ1v) is 6.30. The molecule has 0 aliphatic heterocycles. The third kappa shape index (κ3) is 2.82. The van der Waals surface area contributed by atoms with E-state index in [1.165, 1.54) is 6.42 Å². The fourth-order valence-corrected chi connectivity index (χ4v) is 2.22. The molecule has 2 unspecified atom stereocenters. The molecule has 1 aromatic rings. The zero-order valence-corrected chi connectivity index (χ0v) is 10.9. The maximum Gasteiger partial charge on any atom is 0.147 e. The largest absolute Gasteiger partial charge is 0.409 e. The molecule has 1 aliphatic rings. The second-order valence-electron chi connectivity index (χ2n) is 5.64. The highest BCUT2D eigenvalue weighted by Gasteiger charge is 2.45. The van der Waals surface area contributed by atoms with E-state index in [2.05, 4.69) is 24.3 Å². The number of rotatable bonds is 5. The number of hydrogen-bond acceptors (Lipinski definition) is 3. The van der Waals surface area contributed by atoms with E-state index in [4.69, 9.17) is 10.9 Å². The van der Waals surface area contributed by atoms with Crippen molar-refractivity contribution in [2.24, 2.45) is 16.3 Å². The number of benzene rings is 1. The summed E-state index contributed by atoms with van der Waals surface area (Å²) in [5.41, 5.74) is 7.23. The molecule has 0 heterocycles. The summed E-state index contributed by atoms with van der Waals surface area (Å²) in [4.78, 5) is 0. The Balaban J connectivity index is 2.03. The molecule has 2 rings (SSSR count). The van der Waals surface area contributed by atoms with Crippen molar-refractivity contribution >= 4 is 5.84 Å². The van der Waals surface area contributed by atoms with Gasteiger partial charge in [-0.3, -0.25) is 0 Å². The first kappa shape index (κ1) is 12.9. The molecule has 4 heteroatoms. The molecule has 4 nitrogen and oxygen atoms in total. The third-order valence-electron chi connectivity index (χ3n) is 3.76. The van der Waals surface area contributed by atoms with Gasteiger partial charge < -0.3 is 16.3 Å². The van der Waals surface area contributed by atoms with Gasteiger partial charge in [0.05, 0.1) is 5.92 Å². The van der Waals surface area contributed by atoms with Crippen LogP contribution in [-0.2, 0) is 0 Å². The van der Waals surface area contributed by atoms with Gasteiger partial charge >= 0.3 is 0 Å². The van der Waals surface area contributed by atoms with Crippen molar-refractivity contribution in [1.82, 2.24) is 5.32 Å². The smallest absolute Gasteiger partial charge is 0.147 e. The molecule has 0 bridgehead atoms. The van der Waals surface area contributed by atoms with Gasteiger partial charge in [0.2, 0.25) is 0 Å². The average Bonchev–Trinajstić information content (AvgIpc) is 2.98. The predicted octanol–water partition coefficient (Wildman–Crippen LogP) is 1.90. The summed E-state index contributed by atoms with van der Waals surface area (Å²) in [6, 6.07) is 10.4. The summed E-state index contributed by atoms with van der Waals surface area (Å²) >= 11 is 0. The SMILES string of the molecule is CC1(C)CC1NCC(C(N)=NO)c1ccccc1. The summed E-state index contributed by atoms with van der Waals surface area (Å²) in [5.74, 6) is 0.180. The Morgan fingerprint density at radius 2 is 2.11 bits per heavy atom. The van der Waals surface area contributed by atoms with Crippen LogP contribution in [-0.4, -0.2) is 23.6 Å². The molecular weight excluding hydrogens is 226 g/mol. The van der Waals surface area contributed by atoms with Crippen molar-refractivity contribution in [3.05, 3.63) is 35.9 Å². The van der Waals surface area contributed by atoms with Crippen LogP contribution in [0.4, 0.5) is 0 Å². The second kappa shape index (κ2) is 4.98. The lowest BCUT2D eigenvalue weighted by Gasteiger charge is -2.17. The van der Waals surface area contributed by atoms with E-state index >= 15 is 0 Å². The zero-order valence-electron chi connectivity index (χ0n) is 10.9. The summed E-state index contributed by atoms with van der Waals surface area (Å²) in [6.07, 6.45) is 1.19. The van der Waals surface area contributed by atoms with Crippen LogP contribution in [0, 0.1) is 5.41 Å². The molecule has 0 aromatic heterocycles. The van der Waals surface area contributed by atoms with Crippen LogP contribution in [0.1, 0.15) is 31.7 Å². The van der Waals surface area contributed by atoms with Crippen LogP contribution in [0.5, 0.6) is 0 Å². The fourth-order valence-electron chi connectivity index (χ4n) is 2.22. The number of nitrogens with zero attached hydrogens (tertiary/aromatic N) is 1. The lowest BCUT2D eigenvalue weighted by molar-refractivity contribution is 0.315. The molecule has 0 radical (unpaired) electrons. The number of oxime groups is 1. The minimum absolute atomic E-state index is 0.0763. The van der Waals surface area contributed by atoms with Crippen LogP contribution in [0.2, 0.25) is 0 Å². The van der Waals surface area contributed by atoms with E-state index in [0.717, 1.165) is 5.56 Å². The predicted molar refractivity (Wildman–Crippen MR) is 72.8 cm³/mol. The van der Waals surface area contributed by atoms with Crippen molar-refractivity contribution in [2.75, 3.05) is 6.54 Å². The maximum atomic E-state index is 8.89. The Morgan fingerprint density at radius 1 is 1.50 bits per heavy atom. The highest BCUT2D eigenvalue weighted by atomic mass is 16.4. The summed E-state index contributed by atoms with van der Waals surface area (Å²) < 4.78 is 0. The molecule has 1 aromatic carbocycles. The highest BCUT2D eigenvalue weighted by molar-refractivity contribution is 5.87. The molecule has 1 aliphatic carbocycles. The van der Waals surface area contributed by atoms with Crippen LogP contribution in [0.15, 0.2) is 35.5 Å². The van der Waals surface area contributed by atoms with Gasteiger partial charge in [-0.1, -0.05) is 49.3 Å². The van der Waals surface area contributed by atoms with Crippen LogP contribution in [0.3, 0.4) is 0 Å². The van der Waals surface area contributed by atoms with Gasteiger partial charge in [0.25, 0.3) is 0 Å². The third-order valence-corrected chi connectivity index (χ3v) is 3.76. The molecule has 98 valence electrons. The maximum absolute atomic E-state index is 8.89. The van der Waals surface area contributed by atoms with E-state index < -0.39 is 0 Å². The van der Waals surface area contributed by atoms with Gasteiger partial charge in [0, 0.05) is 12.6 Å².